The predicted octanol–water partition coefficient (Wildman–Crippen LogP) is 10.9. The molecule has 0 radical (unpaired) electrons. The van der Waals surface area contributed by atoms with Crippen molar-refractivity contribution in [2.24, 2.45) is 0 Å². The van der Waals surface area contributed by atoms with Crippen molar-refractivity contribution in [2.75, 3.05) is 0 Å². The third-order valence-electron chi connectivity index (χ3n) is 9.80. The number of nitriles is 1. The first-order chi connectivity index (χ1) is 25.7. The molecule has 0 aliphatic heterocycles. The fraction of sp³-hybridized carbons (Fsp3) is 0. The van der Waals surface area contributed by atoms with E-state index >= 15 is 0 Å². The van der Waals surface area contributed by atoms with Crippen LogP contribution in [0, 0.1) is 11.3 Å². The van der Waals surface area contributed by atoms with Crippen molar-refractivity contribution >= 4 is 43.6 Å². The number of para-hydroxylation sites is 3. The first-order valence-electron chi connectivity index (χ1n) is 17.2. The molecule has 3 aromatic heterocycles. The Balaban J connectivity index is 1.21. The van der Waals surface area contributed by atoms with Crippen LogP contribution in [-0.2, 0) is 0 Å². The molecule has 242 valence electrons. The first-order valence-corrected chi connectivity index (χ1v) is 17.2. The standard InChI is InChI=1S/C46H28N6/c47-29-32-26-34(24-25-35(32)46-49-44(30-14-4-1-5-15-30)48-45(50-46)31-16-6-2-7-17-31)52-41-23-13-11-21-37(41)39-27-38-36-20-10-12-22-40(36)51(42(38)28-43(39)52)33-18-8-3-9-19-33/h1-28H. The van der Waals surface area contributed by atoms with Crippen LogP contribution in [0.3, 0.4) is 0 Å². The molecule has 0 bridgehead atoms. The molecule has 0 atom stereocenters. The molecule has 6 heteroatoms. The highest BCUT2D eigenvalue weighted by Gasteiger charge is 2.20. The van der Waals surface area contributed by atoms with Gasteiger partial charge in [0.05, 0.1) is 33.7 Å². The van der Waals surface area contributed by atoms with E-state index in [0.717, 1.165) is 55.3 Å². The molecular formula is C46H28N6. The van der Waals surface area contributed by atoms with Crippen LogP contribution in [0.15, 0.2) is 170 Å². The number of benzene rings is 7. The molecule has 0 aliphatic carbocycles. The van der Waals surface area contributed by atoms with Gasteiger partial charge in [-0.2, -0.15) is 5.26 Å². The van der Waals surface area contributed by atoms with E-state index in [1.807, 2.05) is 78.9 Å². The van der Waals surface area contributed by atoms with Gasteiger partial charge in [0.25, 0.3) is 0 Å². The van der Waals surface area contributed by atoms with Crippen molar-refractivity contribution in [2.45, 2.75) is 0 Å². The van der Waals surface area contributed by atoms with Gasteiger partial charge in [-0.3, -0.25) is 0 Å². The summed E-state index contributed by atoms with van der Waals surface area (Å²) in [5.41, 5.74) is 9.27. The molecule has 0 N–H and O–H groups in total. The molecule has 0 saturated carbocycles. The van der Waals surface area contributed by atoms with Gasteiger partial charge >= 0.3 is 0 Å². The number of aromatic nitrogens is 5. The zero-order valence-corrected chi connectivity index (χ0v) is 27.8. The molecule has 0 amide bonds. The number of rotatable bonds is 5. The summed E-state index contributed by atoms with van der Waals surface area (Å²) in [6, 6.07) is 60.4. The third-order valence-corrected chi connectivity index (χ3v) is 9.80. The minimum Gasteiger partial charge on any atom is -0.309 e. The average molecular weight is 665 g/mol. The smallest absolute Gasteiger partial charge is 0.165 e. The lowest BCUT2D eigenvalue weighted by molar-refractivity contribution is 1.07. The Morgan fingerprint density at radius 3 is 1.42 bits per heavy atom. The lowest BCUT2D eigenvalue weighted by Crippen LogP contribution is -2.02. The second-order valence-electron chi connectivity index (χ2n) is 12.8. The Hall–Kier alpha value is -7.36. The van der Waals surface area contributed by atoms with Gasteiger partial charge in [0, 0.05) is 49.6 Å². The minimum absolute atomic E-state index is 0.451. The molecule has 52 heavy (non-hydrogen) atoms. The lowest BCUT2D eigenvalue weighted by atomic mass is 10.1. The molecule has 10 aromatic rings. The molecule has 0 fully saturated rings. The largest absolute Gasteiger partial charge is 0.309 e. The van der Waals surface area contributed by atoms with Crippen LogP contribution < -0.4 is 0 Å². The van der Waals surface area contributed by atoms with Crippen molar-refractivity contribution < 1.29 is 0 Å². The molecule has 7 aromatic carbocycles. The SMILES string of the molecule is N#Cc1cc(-n2c3ccccc3c3cc4c5ccccc5n(-c5ccccc5)c4cc32)ccc1-c1nc(-c2ccccc2)nc(-c2ccccc2)n1. The van der Waals surface area contributed by atoms with Crippen molar-refractivity contribution in [1.82, 2.24) is 24.1 Å². The highest BCUT2D eigenvalue weighted by Crippen LogP contribution is 2.40. The molecular weight excluding hydrogens is 637 g/mol. The average Bonchev–Trinajstić information content (AvgIpc) is 3.72. The summed E-state index contributed by atoms with van der Waals surface area (Å²) in [4.78, 5) is 14.7. The molecule has 3 heterocycles. The fourth-order valence-electron chi connectivity index (χ4n) is 7.45. The van der Waals surface area contributed by atoms with Gasteiger partial charge < -0.3 is 9.13 Å². The van der Waals surface area contributed by atoms with Gasteiger partial charge in [0.2, 0.25) is 0 Å². The summed E-state index contributed by atoms with van der Waals surface area (Å²) in [6.07, 6.45) is 0. The van der Waals surface area contributed by atoms with E-state index in [0.29, 0.717) is 28.6 Å². The van der Waals surface area contributed by atoms with E-state index in [9.17, 15) is 5.26 Å². The number of hydrogen-bond donors (Lipinski definition) is 0. The van der Waals surface area contributed by atoms with E-state index in [-0.39, 0.29) is 0 Å². The van der Waals surface area contributed by atoms with Crippen LogP contribution in [0.5, 0.6) is 0 Å². The van der Waals surface area contributed by atoms with E-state index in [4.69, 9.17) is 15.0 Å². The second kappa shape index (κ2) is 11.9. The van der Waals surface area contributed by atoms with Crippen LogP contribution in [0.2, 0.25) is 0 Å². The highest BCUT2D eigenvalue weighted by atomic mass is 15.0. The minimum atomic E-state index is 0.451. The van der Waals surface area contributed by atoms with Gasteiger partial charge in [-0.1, -0.05) is 115 Å². The van der Waals surface area contributed by atoms with Crippen molar-refractivity contribution in [3.05, 3.63) is 175 Å². The molecule has 0 unspecified atom stereocenters. The van der Waals surface area contributed by atoms with E-state index in [2.05, 4.69) is 106 Å². The first kappa shape index (κ1) is 29.5. The highest BCUT2D eigenvalue weighted by molar-refractivity contribution is 6.19. The normalized spacial score (nSPS) is 11.4. The summed E-state index contributed by atoms with van der Waals surface area (Å²) in [5, 5.41) is 15.4. The lowest BCUT2D eigenvalue weighted by Gasteiger charge is -2.13. The van der Waals surface area contributed by atoms with Crippen LogP contribution in [0.1, 0.15) is 5.56 Å². The fourth-order valence-corrected chi connectivity index (χ4v) is 7.45. The van der Waals surface area contributed by atoms with E-state index < -0.39 is 0 Å². The van der Waals surface area contributed by atoms with Crippen molar-refractivity contribution in [1.29, 1.82) is 5.26 Å². The second-order valence-corrected chi connectivity index (χ2v) is 12.8. The number of nitrogens with zero attached hydrogens (tertiary/aromatic N) is 6. The molecule has 0 aliphatic rings. The Labute approximate surface area is 299 Å². The number of fused-ring (bicyclic) bond motifs is 6. The predicted molar refractivity (Wildman–Crippen MR) is 210 cm³/mol. The third kappa shape index (κ3) is 4.68. The Morgan fingerprint density at radius 2 is 0.865 bits per heavy atom. The Bertz CT molecular complexity index is 2950. The van der Waals surface area contributed by atoms with Gasteiger partial charge in [0.1, 0.15) is 0 Å². The van der Waals surface area contributed by atoms with Crippen LogP contribution in [0.25, 0.3) is 89.2 Å². The summed E-state index contributed by atoms with van der Waals surface area (Å²) in [5.74, 6) is 1.56. The maximum atomic E-state index is 10.7. The Morgan fingerprint density at radius 1 is 0.385 bits per heavy atom. The summed E-state index contributed by atoms with van der Waals surface area (Å²) >= 11 is 0. The Kier molecular flexibility index (Phi) is 6.76. The van der Waals surface area contributed by atoms with E-state index in [1.54, 1.807) is 0 Å². The van der Waals surface area contributed by atoms with Crippen LogP contribution >= 0.6 is 0 Å². The van der Waals surface area contributed by atoms with Crippen molar-refractivity contribution in [3.63, 3.8) is 0 Å². The molecule has 6 nitrogen and oxygen atoms in total. The van der Waals surface area contributed by atoms with Gasteiger partial charge in [-0.05, 0) is 54.6 Å². The maximum absolute atomic E-state index is 10.7. The van der Waals surface area contributed by atoms with Crippen LogP contribution in [-0.4, -0.2) is 24.1 Å². The zero-order chi connectivity index (χ0) is 34.6. The molecule has 10 rings (SSSR count). The van der Waals surface area contributed by atoms with Gasteiger partial charge in [-0.25, -0.2) is 15.0 Å². The van der Waals surface area contributed by atoms with Gasteiger partial charge in [0.15, 0.2) is 17.5 Å². The summed E-state index contributed by atoms with van der Waals surface area (Å²) < 4.78 is 4.60. The monoisotopic (exact) mass is 664 g/mol. The summed E-state index contributed by atoms with van der Waals surface area (Å²) in [6.45, 7) is 0. The number of hydrogen-bond acceptors (Lipinski definition) is 4. The molecule has 0 spiro atoms. The van der Waals surface area contributed by atoms with Crippen molar-refractivity contribution in [3.8, 4) is 51.6 Å². The topological polar surface area (TPSA) is 72.3 Å². The zero-order valence-electron chi connectivity index (χ0n) is 27.8. The van der Waals surface area contributed by atoms with Crippen LogP contribution in [0.4, 0.5) is 0 Å². The summed E-state index contributed by atoms with van der Waals surface area (Å²) in [7, 11) is 0. The van der Waals surface area contributed by atoms with E-state index in [1.165, 1.54) is 10.8 Å². The molecule has 0 saturated heterocycles. The maximum Gasteiger partial charge on any atom is 0.165 e. The quantitative estimate of drug-likeness (QED) is 0.184. The van der Waals surface area contributed by atoms with Gasteiger partial charge in [-0.15, -0.1) is 0 Å².